The Morgan fingerprint density at radius 2 is 1.47 bits per heavy atom. The van der Waals surface area contributed by atoms with Crippen LogP contribution in [-0.4, -0.2) is 33.8 Å². The molecule has 0 aliphatic carbocycles. The fourth-order valence-corrected chi connectivity index (χ4v) is 4.74. The lowest BCUT2D eigenvalue weighted by molar-refractivity contribution is 0.253. The normalized spacial score (nSPS) is 11.5. The molecule has 2 amide bonds. The summed E-state index contributed by atoms with van der Waals surface area (Å²) < 4.78 is 1.92. The molecule has 38 heavy (non-hydrogen) atoms. The predicted molar refractivity (Wildman–Crippen MR) is 160 cm³/mol. The van der Waals surface area contributed by atoms with Gasteiger partial charge >= 0.3 is 6.03 Å². The summed E-state index contributed by atoms with van der Waals surface area (Å²) in [5, 5.41) is 11.3. The molecule has 0 fully saturated rings. The van der Waals surface area contributed by atoms with E-state index in [1.807, 2.05) is 28.9 Å². The van der Waals surface area contributed by atoms with E-state index in [-0.39, 0.29) is 6.03 Å². The SMILES string of the molecule is CCCCN(CCCC)Cc1cc(NC(=O)Nc2c(C(C)C)cccc2C(C)C)n(Cc2ccccc2)n1. The molecular weight excluding hydrogens is 470 g/mol. The van der Waals surface area contributed by atoms with Gasteiger partial charge in [0, 0.05) is 18.3 Å². The van der Waals surface area contributed by atoms with Gasteiger partial charge in [-0.1, -0.05) is 103 Å². The fraction of sp³-hybridized carbons (Fsp3) is 0.500. The van der Waals surface area contributed by atoms with E-state index in [4.69, 9.17) is 5.10 Å². The third-order valence-electron chi connectivity index (χ3n) is 6.90. The van der Waals surface area contributed by atoms with Crippen LogP contribution >= 0.6 is 0 Å². The molecule has 1 heterocycles. The van der Waals surface area contributed by atoms with Gasteiger partial charge in [0.15, 0.2) is 0 Å². The van der Waals surface area contributed by atoms with Crippen molar-refractivity contribution in [1.29, 1.82) is 0 Å². The second-order valence-electron chi connectivity index (χ2n) is 10.8. The highest BCUT2D eigenvalue weighted by Crippen LogP contribution is 2.32. The van der Waals surface area contributed by atoms with Crippen molar-refractivity contribution >= 4 is 17.5 Å². The molecule has 3 rings (SSSR count). The summed E-state index contributed by atoms with van der Waals surface area (Å²) in [6.45, 7) is 16.6. The zero-order valence-electron chi connectivity index (χ0n) is 24.3. The Morgan fingerprint density at radius 3 is 2.03 bits per heavy atom. The zero-order chi connectivity index (χ0) is 27.5. The van der Waals surface area contributed by atoms with E-state index < -0.39 is 0 Å². The van der Waals surface area contributed by atoms with Crippen molar-refractivity contribution in [2.45, 2.75) is 92.2 Å². The van der Waals surface area contributed by atoms with E-state index >= 15 is 0 Å². The van der Waals surface area contributed by atoms with Gasteiger partial charge in [0.25, 0.3) is 0 Å². The topological polar surface area (TPSA) is 62.2 Å². The minimum atomic E-state index is -0.241. The minimum Gasteiger partial charge on any atom is -0.307 e. The number of amides is 2. The van der Waals surface area contributed by atoms with Gasteiger partial charge in [-0.15, -0.1) is 0 Å². The lowest BCUT2D eigenvalue weighted by Crippen LogP contribution is -2.25. The molecule has 0 saturated heterocycles. The number of aromatic nitrogens is 2. The summed E-state index contributed by atoms with van der Waals surface area (Å²) in [5.74, 6) is 1.31. The first kappa shape index (κ1) is 29.4. The van der Waals surface area contributed by atoms with Crippen LogP contribution in [0.15, 0.2) is 54.6 Å². The van der Waals surface area contributed by atoms with Gasteiger partial charge < -0.3 is 5.32 Å². The molecule has 0 atom stereocenters. The molecule has 0 aliphatic heterocycles. The van der Waals surface area contributed by atoms with Crippen LogP contribution in [0.4, 0.5) is 16.3 Å². The molecule has 0 aliphatic rings. The molecule has 0 bridgehead atoms. The second-order valence-corrected chi connectivity index (χ2v) is 10.8. The quantitative estimate of drug-likeness (QED) is 0.226. The summed E-state index contributed by atoms with van der Waals surface area (Å²) >= 11 is 0. The lowest BCUT2D eigenvalue weighted by Gasteiger charge is -2.20. The molecule has 6 nitrogen and oxygen atoms in total. The number of hydrogen-bond acceptors (Lipinski definition) is 3. The summed E-state index contributed by atoms with van der Waals surface area (Å²) in [5.41, 5.74) is 5.33. The average Bonchev–Trinajstić information content (AvgIpc) is 3.25. The number of unbranched alkanes of at least 4 members (excludes halogenated alkanes) is 2. The van der Waals surface area contributed by atoms with Gasteiger partial charge in [-0.2, -0.15) is 5.10 Å². The van der Waals surface area contributed by atoms with E-state index in [0.29, 0.717) is 24.2 Å². The molecule has 0 saturated carbocycles. The Hall–Kier alpha value is -3.12. The largest absolute Gasteiger partial charge is 0.324 e. The number of urea groups is 1. The van der Waals surface area contributed by atoms with Gasteiger partial charge in [-0.25, -0.2) is 9.48 Å². The fourth-order valence-electron chi connectivity index (χ4n) is 4.74. The number of rotatable bonds is 14. The highest BCUT2D eigenvalue weighted by Gasteiger charge is 2.18. The van der Waals surface area contributed by atoms with E-state index in [1.54, 1.807) is 0 Å². The van der Waals surface area contributed by atoms with Crippen LogP contribution in [0.5, 0.6) is 0 Å². The Labute approximate surface area is 229 Å². The maximum absolute atomic E-state index is 13.4. The molecule has 0 unspecified atom stereocenters. The van der Waals surface area contributed by atoms with Crippen LogP contribution < -0.4 is 10.6 Å². The number of benzene rings is 2. The van der Waals surface area contributed by atoms with Crippen molar-refractivity contribution in [2.24, 2.45) is 0 Å². The smallest absolute Gasteiger partial charge is 0.307 e. The van der Waals surface area contributed by atoms with Crippen LogP contribution in [0.25, 0.3) is 0 Å². The maximum Gasteiger partial charge on any atom is 0.324 e. The number of hydrogen-bond donors (Lipinski definition) is 2. The van der Waals surface area contributed by atoms with E-state index in [1.165, 1.54) is 25.7 Å². The van der Waals surface area contributed by atoms with Crippen molar-refractivity contribution in [3.63, 3.8) is 0 Å². The second kappa shape index (κ2) is 14.7. The number of anilines is 2. The Morgan fingerprint density at radius 1 is 0.868 bits per heavy atom. The van der Waals surface area contributed by atoms with Crippen LogP contribution in [0.2, 0.25) is 0 Å². The first-order valence-corrected chi connectivity index (χ1v) is 14.4. The third kappa shape index (κ3) is 8.45. The van der Waals surface area contributed by atoms with E-state index in [2.05, 4.69) is 87.4 Å². The first-order chi connectivity index (χ1) is 18.3. The zero-order valence-corrected chi connectivity index (χ0v) is 24.3. The Bertz CT molecular complexity index is 1100. The minimum absolute atomic E-state index is 0.241. The van der Waals surface area contributed by atoms with E-state index in [0.717, 1.165) is 47.7 Å². The molecule has 3 aromatic rings. The van der Waals surface area contributed by atoms with Crippen molar-refractivity contribution < 1.29 is 4.79 Å². The molecule has 6 heteroatoms. The van der Waals surface area contributed by atoms with Crippen LogP contribution in [0, 0.1) is 0 Å². The number of nitrogens with zero attached hydrogens (tertiary/aromatic N) is 3. The van der Waals surface area contributed by atoms with Crippen molar-refractivity contribution in [3.05, 3.63) is 77.0 Å². The van der Waals surface area contributed by atoms with Crippen LogP contribution in [-0.2, 0) is 13.1 Å². The van der Waals surface area contributed by atoms with Crippen molar-refractivity contribution in [3.8, 4) is 0 Å². The van der Waals surface area contributed by atoms with Crippen molar-refractivity contribution in [2.75, 3.05) is 23.7 Å². The summed E-state index contributed by atoms with van der Waals surface area (Å²) in [7, 11) is 0. The molecule has 2 N–H and O–H groups in total. The first-order valence-electron chi connectivity index (χ1n) is 14.4. The number of carbonyl (C=O) groups is 1. The summed E-state index contributed by atoms with van der Waals surface area (Å²) in [6.07, 6.45) is 4.70. The number of carbonyl (C=O) groups excluding carboxylic acids is 1. The molecule has 2 aromatic carbocycles. The highest BCUT2D eigenvalue weighted by molar-refractivity contribution is 6.00. The third-order valence-corrected chi connectivity index (χ3v) is 6.90. The maximum atomic E-state index is 13.4. The van der Waals surface area contributed by atoms with E-state index in [9.17, 15) is 4.79 Å². The van der Waals surface area contributed by atoms with Gasteiger partial charge in [0.1, 0.15) is 5.82 Å². The molecule has 1 aromatic heterocycles. The monoisotopic (exact) mass is 517 g/mol. The van der Waals surface area contributed by atoms with Crippen LogP contribution in [0.3, 0.4) is 0 Å². The lowest BCUT2D eigenvalue weighted by atomic mass is 9.93. The standard InChI is InChI=1S/C32H47N5O/c1-7-9-19-36(20-10-8-2)23-27-21-30(37(35-27)22-26-15-12-11-13-16-26)33-32(38)34-31-28(24(3)4)17-14-18-29(31)25(5)6/h11-18,21,24-25H,7-10,19-20,22-23H2,1-6H3,(H2,33,34,38). The molecular formula is C32H47N5O. The highest BCUT2D eigenvalue weighted by atomic mass is 16.2. The Kier molecular flexibility index (Phi) is 11.4. The number of nitrogens with one attached hydrogen (secondary N) is 2. The van der Waals surface area contributed by atoms with Gasteiger partial charge in [-0.3, -0.25) is 10.2 Å². The summed E-state index contributed by atoms with van der Waals surface area (Å²) in [6, 6.07) is 18.3. The molecule has 0 radical (unpaired) electrons. The van der Waals surface area contributed by atoms with Gasteiger partial charge in [0.05, 0.1) is 12.2 Å². The van der Waals surface area contributed by atoms with Gasteiger partial charge in [-0.05, 0) is 54.5 Å². The van der Waals surface area contributed by atoms with Gasteiger partial charge in [0.2, 0.25) is 0 Å². The average molecular weight is 518 g/mol. The molecule has 0 spiro atoms. The van der Waals surface area contributed by atoms with Crippen molar-refractivity contribution in [1.82, 2.24) is 14.7 Å². The molecule has 206 valence electrons. The summed E-state index contributed by atoms with van der Waals surface area (Å²) in [4.78, 5) is 15.9. The number of para-hydroxylation sites is 1. The van der Waals surface area contributed by atoms with Crippen LogP contribution in [0.1, 0.15) is 101 Å². The predicted octanol–water partition coefficient (Wildman–Crippen LogP) is 8.22. The Balaban J connectivity index is 1.86.